The van der Waals surface area contributed by atoms with Crippen LogP contribution in [0.2, 0.25) is 0 Å². The molecule has 0 spiro atoms. The van der Waals surface area contributed by atoms with Crippen molar-refractivity contribution in [2.45, 2.75) is 6.42 Å². The number of hydrogen-bond donors (Lipinski definition) is 1. The van der Waals surface area contributed by atoms with Gasteiger partial charge in [0.15, 0.2) is 6.61 Å². The Balaban J connectivity index is 2.24. The molecule has 1 rings (SSSR count). The van der Waals surface area contributed by atoms with Crippen molar-refractivity contribution in [2.75, 3.05) is 13.2 Å². The number of carbonyl (C=O) groups is 1. The second-order valence-corrected chi connectivity index (χ2v) is 2.81. The zero-order valence-corrected chi connectivity index (χ0v) is 8.03. The molecule has 0 heterocycles. The van der Waals surface area contributed by atoms with Gasteiger partial charge in [0.1, 0.15) is 5.75 Å². The average Bonchev–Trinajstić information content (AvgIpc) is 2.25. The molecule has 0 aliphatic carbocycles. The highest BCUT2D eigenvalue weighted by Gasteiger charge is 2.00. The first-order chi connectivity index (χ1) is 6.83. The third-order valence-electron chi connectivity index (χ3n) is 1.61. The fourth-order valence-electron chi connectivity index (χ4n) is 0.944. The molecule has 75 valence electrons. The molecule has 0 saturated carbocycles. The lowest BCUT2D eigenvalue weighted by molar-refractivity contribution is -0.123. The Morgan fingerprint density at radius 2 is 2.07 bits per heavy atom. The minimum absolute atomic E-state index is 0.0595. The van der Waals surface area contributed by atoms with E-state index in [0.29, 0.717) is 18.7 Å². The molecule has 0 aliphatic heterocycles. The SMILES string of the molecule is [CH2]CCNC(=O)COc1ccccc1. The first-order valence-corrected chi connectivity index (χ1v) is 4.56. The summed E-state index contributed by atoms with van der Waals surface area (Å²) in [6, 6.07) is 9.26. The summed E-state index contributed by atoms with van der Waals surface area (Å²) in [5, 5.41) is 2.68. The van der Waals surface area contributed by atoms with Crippen LogP contribution in [-0.2, 0) is 4.79 Å². The Bertz CT molecular complexity index is 272. The summed E-state index contributed by atoms with van der Waals surface area (Å²) in [6.07, 6.45) is 0.692. The van der Waals surface area contributed by atoms with Gasteiger partial charge in [0.05, 0.1) is 0 Å². The summed E-state index contributed by atoms with van der Waals surface area (Å²) in [5.74, 6) is 0.592. The molecule has 1 N–H and O–H groups in total. The summed E-state index contributed by atoms with van der Waals surface area (Å²) in [4.78, 5) is 11.1. The van der Waals surface area contributed by atoms with E-state index in [2.05, 4.69) is 12.2 Å². The van der Waals surface area contributed by atoms with E-state index < -0.39 is 0 Å². The molecule has 0 aliphatic rings. The van der Waals surface area contributed by atoms with Gasteiger partial charge in [-0.2, -0.15) is 0 Å². The third-order valence-corrected chi connectivity index (χ3v) is 1.61. The van der Waals surface area contributed by atoms with Gasteiger partial charge < -0.3 is 10.1 Å². The van der Waals surface area contributed by atoms with Crippen molar-refractivity contribution in [2.24, 2.45) is 0 Å². The van der Waals surface area contributed by atoms with Gasteiger partial charge in [0.2, 0.25) is 0 Å². The van der Waals surface area contributed by atoms with E-state index in [1.807, 2.05) is 30.3 Å². The highest BCUT2D eigenvalue weighted by molar-refractivity contribution is 5.77. The van der Waals surface area contributed by atoms with Crippen LogP contribution in [0.1, 0.15) is 6.42 Å². The van der Waals surface area contributed by atoms with Gasteiger partial charge in [-0.1, -0.05) is 25.1 Å². The van der Waals surface area contributed by atoms with Crippen LogP contribution in [-0.4, -0.2) is 19.1 Å². The van der Waals surface area contributed by atoms with Crippen LogP contribution < -0.4 is 10.1 Å². The largest absolute Gasteiger partial charge is 0.484 e. The van der Waals surface area contributed by atoms with Gasteiger partial charge in [-0.05, 0) is 18.6 Å². The molecule has 0 atom stereocenters. The second-order valence-electron chi connectivity index (χ2n) is 2.81. The Morgan fingerprint density at radius 3 is 2.71 bits per heavy atom. The lowest BCUT2D eigenvalue weighted by Gasteiger charge is -2.05. The van der Waals surface area contributed by atoms with E-state index >= 15 is 0 Å². The Morgan fingerprint density at radius 1 is 1.36 bits per heavy atom. The molecule has 0 fully saturated rings. The second kappa shape index (κ2) is 6.02. The molecule has 0 saturated heterocycles. The minimum Gasteiger partial charge on any atom is -0.484 e. The molecule has 0 unspecified atom stereocenters. The van der Waals surface area contributed by atoms with Crippen molar-refractivity contribution in [3.63, 3.8) is 0 Å². The normalized spacial score (nSPS) is 9.50. The monoisotopic (exact) mass is 192 g/mol. The summed E-state index contributed by atoms with van der Waals surface area (Å²) >= 11 is 0. The molecule has 3 heteroatoms. The van der Waals surface area contributed by atoms with E-state index in [1.165, 1.54) is 0 Å². The molecule has 0 bridgehead atoms. The smallest absolute Gasteiger partial charge is 0.257 e. The minimum atomic E-state index is -0.113. The van der Waals surface area contributed by atoms with E-state index in [-0.39, 0.29) is 12.5 Å². The van der Waals surface area contributed by atoms with Gasteiger partial charge in [-0.15, -0.1) is 0 Å². The molecule has 1 radical (unpaired) electrons. The first kappa shape index (κ1) is 10.6. The maximum Gasteiger partial charge on any atom is 0.257 e. The Labute approximate surface area is 84.1 Å². The number of rotatable bonds is 5. The summed E-state index contributed by atoms with van der Waals surface area (Å²) in [7, 11) is 0. The van der Waals surface area contributed by atoms with E-state index in [9.17, 15) is 4.79 Å². The van der Waals surface area contributed by atoms with Gasteiger partial charge in [0.25, 0.3) is 5.91 Å². The zero-order valence-electron chi connectivity index (χ0n) is 8.03. The van der Waals surface area contributed by atoms with E-state index in [1.54, 1.807) is 0 Å². The Hall–Kier alpha value is -1.51. The molecule has 0 aromatic heterocycles. The zero-order chi connectivity index (χ0) is 10.2. The van der Waals surface area contributed by atoms with Gasteiger partial charge in [0, 0.05) is 6.54 Å². The average molecular weight is 192 g/mol. The molecule has 14 heavy (non-hydrogen) atoms. The summed E-state index contributed by atoms with van der Waals surface area (Å²) in [5.41, 5.74) is 0. The molecule has 1 aromatic rings. The summed E-state index contributed by atoms with van der Waals surface area (Å²) in [6.45, 7) is 4.27. The van der Waals surface area contributed by atoms with E-state index in [0.717, 1.165) is 0 Å². The van der Waals surface area contributed by atoms with Crippen LogP contribution >= 0.6 is 0 Å². The standard InChI is InChI=1S/C11H14NO2/c1-2-8-12-11(13)9-14-10-6-4-3-5-7-10/h3-7H,1-2,8-9H2,(H,12,13). The van der Waals surface area contributed by atoms with Crippen LogP contribution in [0.3, 0.4) is 0 Å². The van der Waals surface area contributed by atoms with Crippen molar-refractivity contribution >= 4 is 5.91 Å². The molecule has 1 aromatic carbocycles. The molecular formula is C11H14NO2. The van der Waals surface area contributed by atoms with Gasteiger partial charge >= 0.3 is 0 Å². The fraction of sp³-hybridized carbons (Fsp3) is 0.273. The quantitative estimate of drug-likeness (QED) is 0.766. The fourth-order valence-corrected chi connectivity index (χ4v) is 0.944. The number of amides is 1. The lowest BCUT2D eigenvalue weighted by Crippen LogP contribution is -2.29. The van der Waals surface area contributed by atoms with Crippen LogP contribution in [0.15, 0.2) is 30.3 Å². The topological polar surface area (TPSA) is 38.3 Å². The van der Waals surface area contributed by atoms with Crippen molar-refractivity contribution in [3.8, 4) is 5.75 Å². The number of benzene rings is 1. The van der Waals surface area contributed by atoms with Crippen LogP contribution in [0.5, 0.6) is 5.75 Å². The number of hydrogen-bond acceptors (Lipinski definition) is 2. The highest BCUT2D eigenvalue weighted by atomic mass is 16.5. The number of ether oxygens (including phenoxy) is 1. The van der Waals surface area contributed by atoms with Gasteiger partial charge in [-0.3, -0.25) is 4.79 Å². The number of carbonyl (C=O) groups excluding carboxylic acids is 1. The van der Waals surface area contributed by atoms with Crippen molar-refractivity contribution < 1.29 is 9.53 Å². The predicted molar refractivity (Wildman–Crippen MR) is 54.9 cm³/mol. The van der Waals surface area contributed by atoms with Crippen molar-refractivity contribution in [1.82, 2.24) is 5.32 Å². The third kappa shape index (κ3) is 3.94. The highest BCUT2D eigenvalue weighted by Crippen LogP contribution is 2.07. The molecule has 3 nitrogen and oxygen atoms in total. The number of para-hydroxylation sites is 1. The van der Waals surface area contributed by atoms with Crippen molar-refractivity contribution in [3.05, 3.63) is 37.3 Å². The maximum absolute atomic E-state index is 11.1. The van der Waals surface area contributed by atoms with Crippen LogP contribution in [0.4, 0.5) is 0 Å². The molecule has 1 amide bonds. The van der Waals surface area contributed by atoms with E-state index in [4.69, 9.17) is 4.74 Å². The first-order valence-electron chi connectivity index (χ1n) is 4.56. The van der Waals surface area contributed by atoms with Crippen LogP contribution in [0, 0.1) is 6.92 Å². The lowest BCUT2D eigenvalue weighted by atomic mass is 10.3. The van der Waals surface area contributed by atoms with Crippen LogP contribution in [0.25, 0.3) is 0 Å². The number of nitrogens with one attached hydrogen (secondary N) is 1. The Kier molecular flexibility index (Phi) is 4.55. The molecular weight excluding hydrogens is 178 g/mol. The summed E-state index contributed by atoms with van der Waals surface area (Å²) < 4.78 is 5.23. The van der Waals surface area contributed by atoms with Gasteiger partial charge in [-0.25, -0.2) is 0 Å². The predicted octanol–water partition coefficient (Wildman–Crippen LogP) is 1.41. The van der Waals surface area contributed by atoms with Crippen molar-refractivity contribution in [1.29, 1.82) is 0 Å². The maximum atomic E-state index is 11.1.